The van der Waals surface area contributed by atoms with Gasteiger partial charge in [-0.3, -0.25) is 9.59 Å². The van der Waals surface area contributed by atoms with Gasteiger partial charge in [-0.1, -0.05) is 0 Å². The van der Waals surface area contributed by atoms with Crippen molar-refractivity contribution in [2.24, 2.45) is 0 Å². The monoisotopic (exact) mass is 222 g/mol. The molecule has 1 saturated heterocycles. The summed E-state index contributed by atoms with van der Waals surface area (Å²) in [5.41, 5.74) is 0. The number of hydrogen-bond donors (Lipinski definition) is 2. The average Bonchev–Trinajstić information content (AvgIpc) is 2.15. The summed E-state index contributed by atoms with van der Waals surface area (Å²) in [5, 5.41) is 10.8. The molecule has 0 aromatic carbocycles. The van der Waals surface area contributed by atoms with E-state index >= 15 is 0 Å². The van der Waals surface area contributed by atoms with Gasteiger partial charge in [0.05, 0.1) is 0 Å². The number of carboxylic acid groups (broad SMARTS) is 1. The summed E-state index contributed by atoms with van der Waals surface area (Å²) in [7, 11) is 0. The van der Waals surface area contributed by atoms with E-state index in [9.17, 15) is 23.2 Å². The molecule has 8 heteroatoms. The topological polar surface area (TPSA) is 86.7 Å². The van der Waals surface area contributed by atoms with Gasteiger partial charge in [0.15, 0.2) is 0 Å². The Labute approximate surface area is 82.8 Å². The summed E-state index contributed by atoms with van der Waals surface area (Å²) >= 11 is 0. The van der Waals surface area contributed by atoms with Gasteiger partial charge >= 0.3 is 12.4 Å². The van der Waals surface area contributed by atoms with Crippen molar-refractivity contribution in [2.45, 2.75) is 12.5 Å². The first-order valence-electron chi connectivity index (χ1n) is 4.01. The third-order valence-electron chi connectivity index (χ3n) is 1.94. The standard InChI is InChI=1S/C7H8F2N2O4/c8-5(9)6(13)11-2-4(12)10-1-3(11)7(14)15/h3,5H,1-2H2,(H,10,12)(H,14,15). The van der Waals surface area contributed by atoms with E-state index in [4.69, 9.17) is 5.11 Å². The second-order valence-corrected chi connectivity index (χ2v) is 2.92. The zero-order chi connectivity index (χ0) is 11.6. The van der Waals surface area contributed by atoms with Crippen molar-refractivity contribution in [3.63, 3.8) is 0 Å². The Morgan fingerprint density at radius 3 is 2.60 bits per heavy atom. The Kier molecular flexibility index (Phi) is 3.17. The minimum Gasteiger partial charge on any atom is -0.480 e. The maximum atomic E-state index is 12.1. The Morgan fingerprint density at radius 1 is 1.53 bits per heavy atom. The van der Waals surface area contributed by atoms with Gasteiger partial charge in [0.1, 0.15) is 12.6 Å². The number of carboxylic acids is 1. The highest BCUT2D eigenvalue weighted by atomic mass is 19.3. The number of nitrogens with zero attached hydrogens (tertiary/aromatic N) is 1. The zero-order valence-electron chi connectivity index (χ0n) is 7.44. The van der Waals surface area contributed by atoms with Crippen LogP contribution in [0.4, 0.5) is 8.78 Å². The van der Waals surface area contributed by atoms with E-state index in [-0.39, 0.29) is 6.54 Å². The number of carbonyl (C=O) groups excluding carboxylic acids is 2. The third kappa shape index (κ3) is 2.39. The number of piperazine rings is 1. The van der Waals surface area contributed by atoms with Gasteiger partial charge in [-0.25, -0.2) is 4.79 Å². The first-order chi connectivity index (χ1) is 6.93. The van der Waals surface area contributed by atoms with Crippen LogP contribution in [0.1, 0.15) is 0 Å². The lowest BCUT2D eigenvalue weighted by Crippen LogP contribution is -2.60. The molecular weight excluding hydrogens is 214 g/mol. The van der Waals surface area contributed by atoms with Crippen LogP contribution in [0.3, 0.4) is 0 Å². The lowest BCUT2D eigenvalue weighted by molar-refractivity contribution is -0.159. The zero-order valence-corrected chi connectivity index (χ0v) is 7.44. The van der Waals surface area contributed by atoms with E-state index in [1.54, 1.807) is 0 Å². The Balaban J connectivity index is 2.83. The number of hydrogen-bond acceptors (Lipinski definition) is 3. The molecule has 6 nitrogen and oxygen atoms in total. The second-order valence-electron chi connectivity index (χ2n) is 2.92. The average molecular weight is 222 g/mol. The number of aliphatic carboxylic acids is 1. The van der Waals surface area contributed by atoms with E-state index in [1.165, 1.54) is 0 Å². The summed E-state index contributed by atoms with van der Waals surface area (Å²) in [5.74, 6) is -3.72. The number of amides is 2. The van der Waals surface area contributed by atoms with Gasteiger partial charge in [0.2, 0.25) is 5.91 Å². The quantitative estimate of drug-likeness (QED) is 0.605. The van der Waals surface area contributed by atoms with Crippen LogP contribution in [0.2, 0.25) is 0 Å². The molecular formula is C7H8F2N2O4. The fraction of sp³-hybridized carbons (Fsp3) is 0.571. The van der Waals surface area contributed by atoms with Gasteiger partial charge in [-0.2, -0.15) is 8.78 Å². The number of alkyl halides is 2. The molecule has 0 aromatic rings. The van der Waals surface area contributed by atoms with E-state index in [1.807, 2.05) is 0 Å². The molecule has 1 aliphatic heterocycles. The van der Waals surface area contributed by atoms with Crippen LogP contribution in [0.25, 0.3) is 0 Å². The van der Waals surface area contributed by atoms with Gasteiger partial charge in [0.25, 0.3) is 5.91 Å². The first kappa shape index (κ1) is 11.3. The van der Waals surface area contributed by atoms with Gasteiger partial charge in [-0.05, 0) is 0 Å². The largest absolute Gasteiger partial charge is 0.480 e. The van der Waals surface area contributed by atoms with Crippen LogP contribution in [0.15, 0.2) is 0 Å². The summed E-state index contributed by atoms with van der Waals surface area (Å²) in [6.45, 7) is -1.01. The molecule has 0 bridgehead atoms. The van der Waals surface area contributed by atoms with Gasteiger partial charge < -0.3 is 15.3 Å². The lowest BCUT2D eigenvalue weighted by Gasteiger charge is -2.32. The molecule has 0 aliphatic carbocycles. The number of halogens is 2. The van der Waals surface area contributed by atoms with Crippen molar-refractivity contribution in [3.05, 3.63) is 0 Å². The maximum absolute atomic E-state index is 12.1. The SMILES string of the molecule is O=C1CN(C(=O)C(F)F)C(C(=O)O)CN1. The number of carbonyl (C=O) groups is 3. The molecule has 0 aromatic heterocycles. The van der Waals surface area contributed by atoms with Crippen molar-refractivity contribution in [3.8, 4) is 0 Å². The lowest BCUT2D eigenvalue weighted by atomic mass is 10.2. The van der Waals surface area contributed by atoms with Crippen LogP contribution in [-0.4, -0.2) is 53.3 Å². The van der Waals surface area contributed by atoms with Crippen LogP contribution in [-0.2, 0) is 14.4 Å². The molecule has 0 saturated carbocycles. The third-order valence-corrected chi connectivity index (χ3v) is 1.94. The van der Waals surface area contributed by atoms with Crippen molar-refractivity contribution in [1.29, 1.82) is 0 Å². The number of rotatable bonds is 2. The highest BCUT2D eigenvalue weighted by Gasteiger charge is 2.38. The molecule has 1 fully saturated rings. The molecule has 84 valence electrons. The molecule has 1 unspecified atom stereocenters. The molecule has 15 heavy (non-hydrogen) atoms. The summed E-state index contributed by atoms with van der Waals surface area (Å²) in [6.07, 6.45) is -3.31. The van der Waals surface area contributed by atoms with Gasteiger partial charge in [0, 0.05) is 6.54 Å². The minimum absolute atomic E-state index is 0.355. The molecule has 1 aliphatic rings. The Bertz CT molecular complexity index is 307. The Hall–Kier alpha value is -1.73. The van der Waals surface area contributed by atoms with Crippen molar-refractivity contribution < 1.29 is 28.3 Å². The van der Waals surface area contributed by atoms with Crippen molar-refractivity contribution >= 4 is 17.8 Å². The van der Waals surface area contributed by atoms with E-state index in [0.717, 1.165) is 0 Å². The molecule has 0 radical (unpaired) electrons. The Morgan fingerprint density at radius 2 is 2.13 bits per heavy atom. The molecule has 1 heterocycles. The van der Waals surface area contributed by atoms with Crippen molar-refractivity contribution in [1.82, 2.24) is 10.2 Å². The minimum atomic E-state index is -3.31. The second kappa shape index (κ2) is 4.20. The predicted molar refractivity (Wildman–Crippen MR) is 42.2 cm³/mol. The smallest absolute Gasteiger partial charge is 0.328 e. The number of nitrogens with one attached hydrogen (secondary N) is 1. The van der Waals surface area contributed by atoms with E-state index in [2.05, 4.69) is 5.32 Å². The maximum Gasteiger partial charge on any atom is 0.328 e. The molecule has 2 N–H and O–H groups in total. The molecule has 1 atom stereocenters. The summed E-state index contributed by atoms with van der Waals surface area (Å²) < 4.78 is 24.1. The summed E-state index contributed by atoms with van der Waals surface area (Å²) in [6, 6.07) is -1.43. The van der Waals surface area contributed by atoms with Crippen LogP contribution in [0.5, 0.6) is 0 Å². The highest BCUT2D eigenvalue weighted by Crippen LogP contribution is 2.09. The normalized spacial score (nSPS) is 21.4. The first-order valence-corrected chi connectivity index (χ1v) is 4.01. The highest BCUT2D eigenvalue weighted by molar-refractivity contribution is 5.92. The fourth-order valence-corrected chi connectivity index (χ4v) is 1.22. The van der Waals surface area contributed by atoms with Gasteiger partial charge in [-0.15, -0.1) is 0 Å². The van der Waals surface area contributed by atoms with Crippen LogP contribution in [0, 0.1) is 0 Å². The molecule has 1 rings (SSSR count). The summed E-state index contributed by atoms with van der Waals surface area (Å²) in [4.78, 5) is 32.7. The van der Waals surface area contributed by atoms with Crippen molar-refractivity contribution in [2.75, 3.05) is 13.1 Å². The van der Waals surface area contributed by atoms with Crippen LogP contribution < -0.4 is 5.32 Å². The fourth-order valence-electron chi connectivity index (χ4n) is 1.22. The molecule has 2 amide bonds. The van der Waals surface area contributed by atoms with E-state index in [0.29, 0.717) is 4.90 Å². The van der Waals surface area contributed by atoms with E-state index < -0.39 is 36.8 Å². The predicted octanol–water partition coefficient (Wildman–Crippen LogP) is -1.34. The molecule has 0 spiro atoms. The van der Waals surface area contributed by atoms with Crippen LogP contribution >= 0.6 is 0 Å².